The second-order valence-corrected chi connectivity index (χ2v) is 3.16. The largest absolute Gasteiger partial charge is 0.298 e. The van der Waals surface area contributed by atoms with Crippen molar-refractivity contribution in [3.63, 3.8) is 0 Å². The molecule has 0 atom stereocenters. The summed E-state index contributed by atoms with van der Waals surface area (Å²) in [6.07, 6.45) is 12.5. The predicted octanol–water partition coefficient (Wildman–Crippen LogP) is 3.66. The van der Waals surface area contributed by atoms with Crippen LogP contribution < -0.4 is 0 Å². The molecule has 0 saturated heterocycles. The Morgan fingerprint density at radius 3 is 2.46 bits per heavy atom. The lowest BCUT2D eigenvalue weighted by atomic mass is 10.1. The number of hydrogen-bond acceptors (Lipinski definition) is 1. The van der Waals surface area contributed by atoms with Gasteiger partial charge in [-0.05, 0) is 12.8 Å². The summed E-state index contributed by atoms with van der Waals surface area (Å²) in [4.78, 5) is 10.6. The predicted molar refractivity (Wildman–Crippen MR) is 57.7 cm³/mol. The molecule has 0 bridgehead atoms. The first-order chi connectivity index (χ1) is 6.35. The van der Waals surface area contributed by atoms with Gasteiger partial charge in [-0.15, -0.1) is 0 Å². The molecule has 0 saturated carbocycles. The van der Waals surface area contributed by atoms with Crippen molar-refractivity contribution in [3.05, 3.63) is 23.8 Å². The van der Waals surface area contributed by atoms with Crippen molar-refractivity contribution in [2.24, 2.45) is 0 Å². The summed E-state index contributed by atoms with van der Waals surface area (Å²) in [5.74, 6) is 0. The minimum Gasteiger partial charge on any atom is -0.298 e. The van der Waals surface area contributed by atoms with Crippen molar-refractivity contribution in [1.82, 2.24) is 0 Å². The average Bonchev–Trinajstić information content (AvgIpc) is 2.17. The molecule has 0 fully saturated rings. The molecular weight excluding hydrogens is 160 g/mol. The molecule has 0 radical (unpaired) electrons. The molecule has 1 nitrogen and oxygen atoms in total. The first-order valence-electron chi connectivity index (χ1n) is 5.17. The van der Waals surface area contributed by atoms with Crippen molar-refractivity contribution in [3.8, 4) is 0 Å². The summed E-state index contributed by atoms with van der Waals surface area (Å²) in [6, 6.07) is 0. The summed E-state index contributed by atoms with van der Waals surface area (Å²) in [6.45, 7) is 4.28. The molecule has 0 aliphatic heterocycles. The number of rotatable bonds is 7. The highest BCUT2D eigenvalue weighted by Gasteiger charge is 1.87. The van der Waals surface area contributed by atoms with E-state index in [4.69, 9.17) is 0 Å². The SMILES string of the molecule is CCC/C=C(/C=O)C=CCCCC. The van der Waals surface area contributed by atoms with E-state index in [9.17, 15) is 4.79 Å². The topological polar surface area (TPSA) is 17.1 Å². The molecule has 13 heavy (non-hydrogen) atoms. The van der Waals surface area contributed by atoms with E-state index in [0.29, 0.717) is 0 Å². The van der Waals surface area contributed by atoms with Gasteiger partial charge in [0.05, 0.1) is 0 Å². The van der Waals surface area contributed by atoms with E-state index in [1.165, 1.54) is 12.8 Å². The molecule has 0 rings (SSSR count). The van der Waals surface area contributed by atoms with Gasteiger partial charge in [0.15, 0.2) is 0 Å². The highest BCUT2D eigenvalue weighted by atomic mass is 16.1. The number of aldehydes is 1. The lowest BCUT2D eigenvalue weighted by molar-refractivity contribution is -0.104. The first kappa shape index (κ1) is 12.2. The highest BCUT2D eigenvalue weighted by molar-refractivity contribution is 5.77. The van der Waals surface area contributed by atoms with E-state index < -0.39 is 0 Å². The Bertz CT molecular complexity index is 178. The van der Waals surface area contributed by atoms with E-state index in [1.807, 2.05) is 12.2 Å². The van der Waals surface area contributed by atoms with E-state index in [0.717, 1.165) is 31.1 Å². The molecule has 0 amide bonds. The Kier molecular flexibility index (Phi) is 8.64. The average molecular weight is 180 g/mol. The van der Waals surface area contributed by atoms with Crippen molar-refractivity contribution in [2.45, 2.75) is 46.0 Å². The third kappa shape index (κ3) is 7.51. The molecular formula is C12H20O. The van der Waals surface area contributed by atoms with Gasteiger partial charge < -0.3 is 0 Å². The summed E-state index contributed by atoms with van der Waals surface area (Å²) in [5, 5.41) is 0. The van der Waals surface area contributed by atoms with Crippen molar-refractivity contribution < 1.29 is 4.79 Å². The molecule has 0 unspecified atom stereocenters. The monoisotopic (exact) mass is 180 g/mol. The van der Waals surface area contributed by atoms with Gasteiger partial charge in [-0.25, -0.2) is 0 Å². The molecule has 1 heteroatoms. The number of allylic oxidation sites excluding steroid dienone is 4. The molecule has 0 aromatic rings. The maximum absolute atomic E-state index is 10.6. The minimum absolute atomic E-state index is 0.818. The van der Waals surface area contributed by atoms with Gasteiger partial charge >= 0.3 is 0 Å². The van der Waals surface area contributed by atoms with Crippen LogP contribution in [0.15, 0.2) is 23.8 Å². The van der Waals surface area contributed by atoms with Crippen LogP contribution in [0.5, 0.6) is 0 Å². The normalized spacial score (nSPS) is 12.3. The van der Waals surface area contributed by atoms with Crippen molar-refractivity contribution in [2.75, 3.05) is 0 Å². The zero-order valence-electron chi connectivity index (χ0n) is 8.75. The van der Waals surface area contributed by atoms with Gasteiger partial charge in [0, 0.05) is 5.57 Å². The van der Waals surface area contributed by atoms with E-state index in [1.54, 1.807) is 0 Å². The maximum atomic E-state index is 10.6. The quantitative estimate of drug-likeness (QED) is 0.253. The zero-order valence-corrected chi connectivity index (χ0v) is 8.75. The van der Waals surface area contributed by atoms with E-state index in [-0.39, 0.29) is 0 Å². The summed E-state index contributed by atoms with van der Waals surface area (Å²) in [5.41, 5.74) is 0.818. The second-order valence-electron chi connectivity index (χ2n) is 3.16. The van der Waals surface area contributed by atoms with Gasteiger partial charge in [-0.1, -0.05) is 51.3 Å². The fourth-order valence-corrected chi connectivity index (χ4v) is 1.01. The maximum Gasteiger partial charge on any atom is 0.149 e. The number of hydrogen-bond donors (Lipinski definition) is 0. The van der Waals surface area contributed by atoms with Crippen LogP contribution in [0.2, 0.25) is 0 Å². The van der Waals surface area contributed by atoms with Gasteiger partial charge in [0.1, 0.15) is 6.29 Å². The molecule has 0 aromatic carbocycles. The summed E-state index contributed by atoms with van der Waals surface area (Å²) in [7, 11) is 0. The summed E-state index contributed by atoms with van der Waals surface area (Å²) < 4.78 is 0. The lowest BCUT2D eigenvalue weighted by Gasteiger charge is -1.91. The Labute approximate surface area is 81.5 Å². The molecule has 74 valence electrons. The van der Waals surface area contributed by atoms with Crippen LogP contribution >= 0.6 is 0 Å². The van der Waals surface area contributed by atoms with Gasteiger partial charge in [0.25, 0.3) is 0 Å². The molecule has 0 aliphatic rings. The van der Waals surface area contributed by atoms with Gasteiger partial charge in [-0.3, -0.25) is 4.79 Å². The van der Waals surface area contributed by atoms with Crippen LogP contribution in [-0.2, 0) is 4.79 Å². The number of carbonyl (C=O) groups excluding carboxylic acids is 1. The van der Waals surface area contributed by atoms with Gasteiger partial charge in [0.2, 0.25) is 0 Å². The molecule has 0 aromatic heterocycles. The summed E-state index contributed by atoms with van der Waals surface area (Å²) >= 11 is 0. The van der Waals surface area contributed by atoms with Crippen molar-refractivity contribution in [1.29, 1.82) is 0 Å². The third-order valence-corrected chi connectivity index (χ3v) is 1.84. The van der Waals surface area contributed by atoms with E-state index >= 15 is 0 Å². The van der Waals surface area contributed by atoms with Crippen LogP contribution in [0.25, 0.3) is 0 Å². The first-order valence-corrected chi connectivity index (χ1v) is 5.17. The number of carbonyl (C=O) groups is 1. The standard InChI is InChI=1S/C12H20O/c1-3-5-7-8-10-12(11-13)9-6-4-2/h8-11H,3-7H2,1-2H3/b10-8?,12-9+. The molecule has 0 aliphatic carbocycles. The number of unbranched alkanes of at least 4 members (excludes halogenated alkanes) is 3. The van der Waals surface area contributed by atoms with E-state index in [2.05, 4.69) is 19.9 Å². The van der Waals surface area contributed by atoms with Gasteiger partial charge in [-0.2, -0.15) is 0 Å². The fraction of sp³-hybridized carbons (Fsp3) is 0.583. The Hall–Kier alpha value is -0.850. The Morgan fingerprint density at radius 1 is 1.15 bits per heavy atom. The van der Waals surface area contributed by atoms with Crippen molar-refractivity contribution >= 4 is 6.29 Å². The van der Waals surface area contributed by atoms with Crippen LogP contribution in [0.4, 0.5) is 0 Å². The fourth-order valence-electron chi connectivity index (χ4n) is 1.01. The lowest BCUT2D eigenvalue weighted by Crippen LogP contribution is -1.79. The second kappa shape index (κ2) is 9.24. The Balaban J connectivity index is 3.82. The molecule has 0 heterocycles. The molecule has 0 spiro atoms. The van der Waals surface area contributed by atoms with Crippen LogP contribution in [0, 0.1) is 0 Å². The Morgan fingerprint density at radius 2 is 1.92 bits per heavy atom. The minimum atomic E-state index is 0.818. The molecule has 0 N–H and O–H groups in total. The highest BCUT2D eigenvalue weighted by Crippen LogP contribution is 2.01. The third-order valence-electron chi connectivity index (χ3n) is 1.84. The smallest absolute Gasteiger partial charge is 0.149 e. The van der Waals surface area contributed by atoms with Crippen LogP contribution in [-0.4, -0.2) is 6.29 Å². The zero-order chi connectivity index (χ0) is 9.94. The van der Waals surface area contributed by atoms with Crippen LogP contribution in [0.3, 0.4) is 0 Å². The van der Waals surface area contributed by atoms with Crippen LogP contribution in [0.1, 0.15) is 46.0 Å².